The fourth-order valence-corrected chi connectivity index (χ4v) is 5.60. The van der Waals surface area contributed by atoms with Gasteiger partial charge in [-0.05, 0) is 42.5 Å². The third kappa shape index (κ3) is 6.85. The zero-order valence-electron chi connectivity index (χ0n) is 20.6. The number of ether oxygens (including phenoxy) is 1. The molecule has 0 aliphatic carbocycles. The van der Waals surface area contributed by atoms with Gasteiger partial charge in [0.15, 0.2) is 0 Å². The molecular formula is C24H26N4O8S2. The number of rotatable bonds is 12. The van der Waals surface area contributed by atoms with Crippen molar-refractivity contribution in [2.75, 3.05) is 38.1 Å². The van der Waals surface area contributed by atoms with Crippen LogP contribution < -0.4 is 14.4 Å². The first kappa shape index (κ1) is 28.6. The van der Waals surface area contributed by atoms with E-state index in [1.807, 2.05) is 0 Å². The van der Waals surface area contributed by atoms with Crippen molar-refractivity contribution < 1.29 is 31.3 Å². The molecule has 0 saturated carbocycles. The molecule has 0 spiro atoms. The smallest absolute Gasteiger partial charge is 0.271 e. The van der Waals surface area contributed by atoms with Crippen molar-refractivity contribution in [2.45, 2.75) is 9.79 Å². The van der Waals surface area contributed by atoms with E-state index in [0.29, 0.717) is 5.75 Å². The van der Waals surface area contributed by atoms with Crippen molar-refractivity contribution in [3.8, 4) is 5.75 Å². The second-order valence-corrected chi connectivity index (χ2v) is 12.1. The minimum atomic E-state index is -4.22. The molecule has 0 aliphatic rings. The standard InChI is InChI=1S/C24H26N4O8S2/c1-26(2)37(32,33)23-13-11-21(12-14-23)36-16-15-25-24(29)18-27(19-7-6-8-20(17-19)28(30)31)38(34,35)22-9-4-3-5-10-22/h3-14,17H,15-16,18H2,1-2H3,(H,25,29). The molecule has 0 unspecified atom stereocenters. The van der Waals surface area contributed by atoms with Gasteiger partial charge in [-0.1, -0.05) is 24.3 Å². The maximum absolute atomic E-state index is 13.3. The summed E-state index contributed by atoms with van der Waals surface area (Å²) >= 11 is 0. The Hall–Kier alpha value is -4.01. The van der Waals surface area contributed by atoms with Crippen LogP contribution in [0.25, 0.3) is 0 Å². The molecule has 14 heteroatoms. The summed E-state index contributed by atoms with van der Waals surface area (Å²) in [5.74, 6) is -0.283. The number of hydrogen-bond donors (Lipinski definition) is 1. The fourth-order valence-electron chi connectivity index (χ4n) is 3.26. The van der Waals surface area contributed by atoms with Gasteiger partial charge in [0.1, 0.15) is 18.9 Å². The van der Waals surface area contributed by atoms with Crippen molar-refractivity contribution in [3.63, 3.8) is 0 Å². The summed E-state index contributed by atoms with van der Waals surface area (Å²) in [6.07, 6.45) is 0. The van der Waals surface area contributed by atoms with Crippen LogP contribution in [0.3, 0.4) is 0 Å². The summed E-state index contributed by atoms with van der Waals surface area (Å²) in [4.78, 5) is 23.3. The van der Waals surface area contributed by atoms with E-state index < -0.39 is 37.4 Å². The predicted octanol–water partition coefficient (Wildman–Crippen LogP) is 2.24. The Balaban J connectivity index is 1.68. The summed E-state index contributed by atoms with van der Waals surface area (Å²) < 4.78 is 58.3. The maximum atomic E-state index is 13.3. The Kier molecular flexibility index (Phi) is 9.04. The molecule has 3 aromatic carbocycles. The van der Waals surface area contributed by atoms with Crippen LogP contribution in [0.4, 0.5) is 11.4 Å². The second-order valence-electron chi connectivity index (χ2n) is 8.06. The van der Waals surface area contributed by atoms with Crippen molar-refractivity contribution >= 4 is 37.3 Å². The molecule has 0 atom stereocenters. The predicted molar refractivity (Wildman–Crippen MR) is 140 cm³/mol. The lowest BCUT2D eigenvalue weighted by Crippen LogP contribution is -2.41. The maximum Gasteiger partial charge on any atom is 0.271 e. The SMILES string of the molecule is CN(C)S(=O)(=O)c1ccc(OCCNC(=O)CN(c2cccc([N+](=O)[O-])c2)S(=O)(=O)c2ccccc2)cc1. The van der Waals surface area contributed by atoms with Gasteiger partial charge in [0.2, 0.25) is 15.9 Å². The summed E-state index contributed by atoms with van der Waals surface area (Å²) in [6.45, 7) is -0.589. The molecule has 0 heterocycles. The summed E-state index contributed by atoms with van der Waals surface area (Å²) in [6, 6.07) is 18.2. The molecule has 3 aromatic rings. The van der Waals surface area contributed by atoms with Gasteiger partial charge in [0.25, 0.3) is 15.7 Å². The van der Waals surface area contributed by atoms with Crippen molar-refractivity contribution in [2.24, 2.45) is 0 Å². The van der Waals surface area contributed by atoms with Crippen LogP contribution in [-0.4, -0.2) is 65.8 Å². The summed E-state index contributed by atoms with van der Waals surface area (Å²) in [5.41, 5.74) is -0.365. The van der Waals surface area contributed by atoms with E-state index in [0.717, 1.165) is 14.7 Å². The number of hydrogen-bond acceptors (Lipinski definition) is 8. The number of nitro benzene ring substituents is 1. The highest BCUT2D eigenvalue weighted by molar-refractivity contribution is 7.92. The Bertz CT molecular complexity index is 1490. The van der Waals surface area contributed by atoms with Gasteiger partial charge in [-0.2, -0.15) is 0 Å². The summed E-state index contributed by atoms with van der Waals surface area (Å²) in [5, 5.41) is 13.8. The van der Waals surface area contributed by atoms with E-state index in [4.69, 9.17) is 4.74 Å². The number of benzene rings is 3. The number of amides is 1. The van der Waals surface area contributed by atoms with E-state index in [-0.39, 0.29) is 34.3 Å². The number of anilines is 1. The molecule has 1 amide bonds. The Morgan fingerprint density at radius 3 is 2.13 bits per heavy atom. The van der Waals surface area contributed by atoms with Crippen LogP contribution in [0.2, 0.25) is 0 Å². The Morgan fingerprint density at radius 2 is 1.53 bits per heavy atom. The zero-order chi connectivity index (χ0) is 27.9. The van der Waals surface area contributed by atoms with Gasteiger partial charge >= 0.3 is 0 Å². The highest BCUT2D eigenvalue weighted by Crippen LogP contribution is 2.27. The Morgan fingerprint density at radius 1 is 0.895 bits per heavy atom. The number of sulfonamides is 2. The molecule has 0 radical (unpaired) electrons. The number of nitrogens with one attached hydrogen (secondary N) is 1. The number of carbonyl (C=O) groups excluding carboxylic acids is 1. The minimum absolute atomic E-state index is 0.0186. The molecule has 12 nitrogen and oxygen atoms in total. The third-order valence-electron chi connectivity index (χ3n) is 5.24. The quantitative estimate of drug-likeness (QED) is 0.200. The minimum Gasteiger partial charge on any atom is -0.492 e. The molecule has 202 valence electrons. The van der Waals surface area contributed by atoms with Crippen LogP contribution in [0.1, 0.15) is 0 Å². The van der Waals surface area contributed by atoms with Crippen LogP contribution in [0.5, 0.6) is 5.75 Å². The van der Waals surface area contributed by atoms with Crippen LogP contribution >= 0.6 is 0 Å². The van der Waals surface area contributed by atoms with Crippen molar-refractivity contribution in [3.05, 3.63) is 89.0 Å². The lowest BCUT2D eigenvalue weighted by Gasteiger charge is -2.24. The molecule has 0 fully saturated rings. The fraction of sp³-hybridized carbons (Fsp3) is 0.208. The molecule has 3 rings (SSSR count). The normalized spacial score (nSPS) is 11.7. The van der Waals surface area contributed by atoms with Gasteiger partial charge in [-0.3, -0.25) is 19.2 Å². The molecule has 0 aliphatic heterocycles. The molecule has 1 N–H and O–H groups in total. The average Bonchev–Trinajstić information content (AvgIpc) is 2.90. The van der Waals surface area contributed by atoms with E-state index >= 15 is 0 Å². The zero-order valence-corrected chi connectivity index (χ0v) is 22.2. The molecule has 0 bridgehead atoms. The molecular weight excluding hydrogens is 536 g/mol. The first-order valence-corrected chi connectivity index (χ1v) is 14.1. The first-order chi connectivity index (χ1) is 17.9. The lowest BCUT2D eigenvalue weighted by atomic mass is 10.3. The van der Waals surface area contributed by atoms with Crippen LogP contribution in [0, 0.1) is 10.1 Å². The highest BCUT2D eigenvalue weighted by atomic mass is 32.2. The van der Waals surface area contributed by atoms with E-state index in [1.54, 1.807) is 6.07 Å². The number of non-ortho nitro benzene ring substituents is 1. The highest BCUT2D eigenvalue weighted by Gasteiger charge is 2.28. The lowest BCUT2D eigenvalue weighted by molar-refractivity contribution is -0.384. The van der Waals surface area contributed by atoms with Crippen LogP contribution in [0.15, 0.2) is 88.7 Å². The van der Waals surface area contributed by atoms with E-state index in [9.17, 15) is 31.7 Å². The monoisotopic (exact) mass is 562 g/mol. The van der Waals surface area contributed by atoms with Crippen LogP contribution in [-0.2, 0) is 24.8 Å². The van der Waals surface area contributed by atoms with E-state index in [1.165, 1.54) is 80.8 Å². The van der Waals surface area contributed by atoms with Gasteiger partial charge in [-0.25, -0.2) is 21.1 Å². The molecule has 0 aromatic heterocycles. The van der Waals surface area contributed by atoms with E-state index in [2.05, 4.69) is 5.32 Å². The number of nitro groups is 1. The number of carbonyl (C=O) groups is 1. The third-order valence-corrected chi connectivity index (χ3v) is 8.86. The Labute approximate surface area is 220 Å². The van der Waals surface area contributed by atoms with Gasteiger partial charge in [0, 0.05) is 26.2 Å². The largest absolute Gasteiger partial charge is 0.492 e. The molecule has 38 heavy (non-hydrogen) atoms. The number of nitrogens with zero attached hydrogens (tertiary/aromatic N) is 3. The topological polar surface area (TPSA) is 156 Å². The van der Waals surface area contributed by atoms with Gasteiger partial charge in [-0.15, -0.1) is 0 Å². The van der Waals surface area contributed by atoms with Crippen molar-refractivity contribution in [1.29, 1.82) is 0 Å². The van der Waals surface area contributed by atoms with Crippen molar-refractivity contribution in [1.82, 2.24) is 9.62 Å². The van der Waals surface area contributed by atoms with Gasteiger partial charge < -0.3 is 10.1 Å². The van der Waals surface area contributed by atoms with Gasteiger partial charge in [0.05, 0.1) is 26.9 Å². The first-order valence-electron chi connectivity index (χ1n) is 11.2. The molecule has 0 saturated heterocycles. The summed E-state index contributed by atoms with van der Waals surface area (Å²) in [7, 11) is -4.95. The average molecular weight is 563 g/mol. The second kappa shape index (κ2) is 12.0.